The number of nitrogens with zero attached hydrogens (tertiary/aromatic N) is 2. The third kappa shape index (κ3) is 4.34. The Morgan fingerprint density at radius 3 is 2.70 bits per heavy atom. The van der Waals surface area contributed by atoms with E-state index in [1.165, 1.54) is 12.8 Å². The number of carbonyl (C=O) groups is 1. The van der Waals surface area contributed by atoms with Gasteiger partial charge in [-0.25, -0.2) is 18.2 Å². The molecule has 2 aliphatic rings. The highest BCUT2D eigenvalue weighted by Crippen LogP contribution is 2.19. The number of amides is 2. The summed E-state index contributed by atoms with van der Waals surface area (Å²) in [6.45, 7) is 2.44. The maximum absolute atomic E-state index is 11.9. The Balaban J connectivity index is 1.46. The molecular formula is C15H22N4O3S. The summed E-state index contributed by atoms with van der Waals surface area (Å²) in [6, 6.07) is 3.41. The molecule has 8 heteroatoms. The molecule has 0 spiro atoms. The van der Waals surface area contributed by atoms with Gasteiger partial charge in [-0.1, -0.05) is 0 Å². The molecule has 3 heterocycles. The summed E-state index contributed by atoms with van der Waals surface area (Å²) >= 11 is 0. The first-order chi connectivity index (χ1) is 11.0. The number of rotatable bonds is 4. The van der Waals surface area contributed by atoms with Crippen molar-refractivity contribution in [1.82, 2.24) is 10.3 Å². The van der Waals surface area contributed by atoms with Crippen LogP contribution in [0.5, 0.6) is 0 Å². The Bertz CT molecular complexity index is 654. The predicted octanol–water partition coefficient (Wildman–Crippen LogP) is 1.24. The SMILES string of the molecule is O=C(NC[C@@H]1CCS(=O)(=O)C1)Nc1ccc(N2CCCC2)nc1. The largest absolute Gasteiger partial charge is 0.357 e. The summed E-state index contributed by atoms with van der Waals surface area (Å²) in [5.74, 6) is 1.34. The fraction of sp³-hybridized carbons (Fsp3) is 0.600. The van der Waals surface area contributed by atoms with Crippen LogP contribution in [0.25, 0.3) is 0 Å². The Kier molecular flexibility index (Phi) is 4.70. The number of hydrogen-bond acceptors (Lipinski definition) is 5. The van der Waals surface area contributed by atoms with Crippen molar-refractivity contribution in [3.8, 4) is 0 Å². The zero-order valence-electron chi connectivity index (χ0n) is 13.0. The van der Waals surface area contributed by atoms with Crippen LogP contribution in [0.4, 0.5) is 16.3 Å². The smallest absolute Gasteiger partial charge is 0.319 e. The summed E-state index contributed by atoms with van der Waals surface area (Å²) in [6.07, 6.45) is 4.66. The maximum atomic E-state index is 11.9. The summed E-state index contributed by atoms with van der Waals surface area (Å²) in [5, 5.41) is 5.45. The number of urea groups is 1. The van der Waals surface area contributed by atoms with Gasteiger partial charge in [0.1, 0.15) is 5.82 Å². The molecule has 1 aromatic heterocycles. The van der Waals surface area contributed by atoms with E-state index in [0.717, 1.165) is 18.9 Å². The van der Waals surface area contributed by atoms with Crippen LogP contribution in [-0.4, -0.2) is 50.6 Å². The molecule has 1 aromatic rings. The van der Waals surface area contributed by atoms with E-state index in [4.69, 9.17) is 0 Å². The van der Waals surface area contributed by atoms with Crippen LogP contribution < -0.4 is 15.5 Å². The minimum Gasteiger partial charge on any atom is -0.357 e. The van der Waals surface area contributed by atoms with Crippen LogP contribution >= 0.6 is 0 Å². The number of hydrogen-bond donors (Lipinski definition) is 2. The number of anilines is 2. The topological polar surface area (TPSA) is 91.4 Å². The lowest BCUT2D eigenvalue weighted by atomic mass is 10.1. The Morgan fingerprint density at radius 2 is 2.09 bits per heavy atom. The molecule has 0 radical (unpaired) electrons. The molecule has 126 valence electrons. The van der Waals surface area contributed by atoms with E-state index in [1.54, 1.807) is 6.20 Å². The molecule has 23 heavy (non-hydrogen) atoms. The van der Waals surface area contributed by atoms with Gasteiger partial charge in [-0.05, 0) is 37.3 Å². The first-order valence-corrected chi connectivity index (χ1v) is 9.80. The van der Waals surface area contributed by atoms with Crippen LogP contribution in [0.15, 0.2) is 18.3 Å². The van der Waals surface area contributed by atoms with Crippen LogP contribution in [0.2, 0.25) is 0 Å². The van der Waals surface area contributed by atoms with Gasteiger partial charge in [0.15, 0.2) is 9.84 Å². The summed E-state index contributed by atoms with van der Waals surface area (Å²) in [5.41, 5.74) is 0.629. The van der Waals surface area contributed by atoms with Gasteiger partial charge in [0.25, 0.3) is 0 Å². The molecule has 2 amide bonds. The van der Waals surface area contributed by atoms with Crippen molar-refractivity contribution in [2.45, 2.75) is 19.3 Å². The third-order valence-electron chi connectivity index (χ3n) is 4.31. The van der Waals surface area contributed by atoms with Gasteiger partial charge in [0.05, 0.1) is 23.4 Å². The molecule has 7 nitrogen and oxygen atoms in total. The number of aromatic nitrogens is 1. The molecule has 0 unspecified atom stereocenters. The Morgan fingerprint density at radius 1 is 1.30 bits per heavy atom. The minimum absolute atomic E-state index is 0.0152. The number of sulfone groups is 1. The Hall–Kier alpha value is -1.83. The molecule has 3 rings (SSSR count). The first-order valence-electron chi connectivity index (χ1n) is 7.98. The van der Waals surface area contributed by atoms with Crippen LogP contribution in [-0.2, 0) is 9.84 Å². The van der Waals surface area contributed by atoms with Gasteiger partial charge in [-0.15, -0.1) is 0 Å². The molecule has 1 atom stereocenters. The summed E-state index contributed by atoms with van der Waals surface area (Å²) in [4.78, 5) is 18.5. The van der Waals surface area contributed by atoms with Crippen molar-refractivity contribution in [2.24, 2.45) is 5.92 Å². The van der Waals surface area contributed by atoms with Gasteiger partial charge in [0.2, 0.25) is 0 Å². The van der Waals surface area contributed by atoms with E-state index in [2.05, 4.69) is 20.5 Å². The zero-order valence-corrected chi connectivity index (χ0v) is 13.8. The highest BCUT2D eigenvalue weighted by Gasteiger charge is 2.27. The molecule has 0 saturated carbocycles. The fourth-order valence-electron chi connectivity index (χ4n) is 3.04. The lowest BCUT2D eigenvalue weighted by Crippen LogP contribution is -2.33. The standard InChI is InChI=1S/C15H22N4O3S/c20-15(17-9-12-5-8-23(21,22)11-12)18-13-3-4-14(16-10-13)19-6-1-2-7-19/h3-4,10,12H,1-2,5-9,11H2,(H2,17,18,20)/t12-/m0/s1. The predicted molar refractivity (Wildman–Crippen MR) is 89.5 cm³/mol. The van der Waals surface area contributed by atoms with Gasteiger partial charge in [-0.2, -0.15) is 0 Å². The van der Waals surface area contributed by atoms with Crippen molar-refractivity contribution >= 4 is 27.4 Å². The molecule has 0 aliphatic carbocycles. The van der Waals surface area contributed by atoms with Gasteiger partial charge < -0.3 is 15.5 Å². The highest BCUT2D eigenvalue weighted by molar-refractivity contribution is 7.91. The molecule has 0 bridgehead atoms. The third-order valence-corrected chi connectivity index (χ3v) is 6.15. The molecule has 2 N–H and O–H groups in total. The molecular weight excluding hydrogens is 316 g/mol. The van der Waals surface area contributed by atoms with Gasteiger partial charge >= 0.3 is 6.03 Å². The zero-order chi connectivity index (χ0) is 16.3. The van der Waals surface area contributed by atoms with Crippen molar-refractivity contribution in [2.75, 3.05) is 41.4 Å². The van der Waals surface area contributed by atoms with Crippen LogP contribution in [0, 0.1) is 5.92 Å². The Labute approximate surface area is 136 Å². The lowest BCUT2D eigenvalue weighted by Gasteiger charge is -2.16. The minimum atomic E-state index is -2.90. The molecule has 2 saturated heterocycles. The van der Waals surface area contributed by atoms with E-state index in [-0.39, 0.29) is 23.5 Å². The molecule has 0 aromatic carbocycles. The van der Waals surface area contributed by atoms with Crippen molar-refractivity contribution in [1.29, 1.82) is 0 Å². The summed E-state index contributed by atoms with van der Waals surface area (Å²) in [7, 11) is -2.90. The normalized spacial score (nSPS) is 23.0. The second-order valence-corrected chi connectivity index (χ2v) is 8.43. The second-order valence-electron chi connectivity index (χ2n) is 6.20. The molecule has 2 fully saturated rings. The number of pyridine rings is 1. The van der Waals surface area contributed by atoms with E-state index < -0.39 is 9.84 Å². The fourth-order valence-corrected chi connectivity index (χ4v) is 4.90. The average Bonchev–Trinajstić information content (AvgIpc) is 3.15. The van der Waals surface area contributed by atoms with Crippen molar-refractivity contribution in [3.05, 3.63) is 18.3 Å². The number of carbonyl (C=O) groups excluding carboxylic acids is 1. The lowest BCUT2D eigenvalue weighted by molar-refractivity contribution is 0.250. The van der Waals surface area contributed by atoms with E-state index in [9.17, 15) is 13.2 Å². The quantitative estimate of drug-likeness (QED) is 0.862. The van der Waals surface area contributed by atoms with Crippen LogP contribution in [0.1, 0.15) is 19.3 Å². The van der Waals surface area contributed by atoms with Gasteiger partial charge in [-0.3, -0.25) is 0 Å². The molecule has 2 aliphatic heterocycles. The van der Waals surface area contributed by atoms with Gasteiger partial charge in [0, 0.05) is 19.6 Å². The maximum Gasteiger partial charge on any atom is 0.319 e. The van der Waals surface area contributed by atoms with E-state index in [1.807, 2.05) is 12.1 Å². The average molecular weight is 338 g/mol. The van der Waals surface area contributed by atoms with E-state index >= 15 is 0 Å². The van der Waals surface area contributed by atoms with Crippen molar-refractivity contribution in [3.63, 3.8) is 0 Å². The highest BCUT2D eigenvalue weighted by atomic mass is 32.2. The number of nitrogens with one attached hydrogen (secondary N) is 2. The van der Waals surface area contributed by atoms with E-state index in [0.29, 0.717) is 18.7 Å². The second kappa shape index (κ2) is 6.74. The van der Waals surface area contributed by atoms with Crippen molar-refractivity contribution < 1.29 is 13.2 Å². The first kappa shape index (κ1) is 16.0. The van der Waals surface area contributed by atoms with Crippen LogP contribution in [0.3, 0.4) is 0 Å². The monoisotopic (exact) mass is 338 g/mol. The summed E-state index contributed by atoms with van der Waals surface area (Å²) < 4.78 is 22.8.